The van der Waals surface area contributed by atoms with Crippen LogP contribution in [0.1, 0.15) is 12.5 Å². The van der Waals surface area contributed by atoms with E-state index in [1.54, 1.807) is 38.1 Å². The molecule has 0 atom stereocenters. The van der Waals surface area contributed by atoms with Crippen LogP contribution in [0.3, 0.4) is 0 Å². The normalized spacial score (nSPS) is 10.1. The molecule has 0 aromatic heterocycles. The third kappa shape index (κ3) is 3.09. The van der Waals surface area contributed by atoms with Crippen LogP contribution in [0.25, 0.3) is 10.8 Å². The van der Waals surface area contributed by atoms with Crippen molar-refractivity contribution in [2.24, 2.45) is 0 Å². The Labute approximate surface area is 128 Å². The van der Waals surface area contributed by atoms with Crippen LogP contribution in [0, 0.1) is 6.92 Å². The van der Waals surface area contributed by atoms with Gasteiger partial charge in [-0.15, -0.1) is 0 Å². The minimum absolute atomic E-state index is 0.304. The van der Waals surface area contributed by atoms with Crippen LogP contribution in [-0.4, -0.2) is 19.2 Å². The highest BCUT2D eigenvalue weighted by atomic mass is 16.7. The molecule has 0 spiro atoms. The van der Waals surface area contributed by atoms with Gasteiger partial charge in [0, 0.05) is 16.3 Å². The van der Waals surface area contributed by atoms with E-state index in [1.165, 1.54) is 7.11 Å². The number of ether oxygens (including phenoxy) is 3. The highest BCUT2D eigenvalue weighted by Gasteiger charge is 2.17. The van der Waals surface area contributed by atoms with Crippen molar-refractivity contribution in [3.63, 3.8) is 0 Å². The van der Waals surface area contributed by atoms with Crippen LogP contribution < -0.4 is 9.47 Å². The zero-order valence-electron chi connectivity index (χ0n) is 12.6. The van der Waals surface area contributed by atoms with Crippen LogP contribution >= 0.6 is 0 Å². The summed E-state index contributed by atoms with van der Waals surface area (Å²) in [6.45, 7) is 6.91. The van der Waals surface area contributed by atoms with E-state index in [1.807, 2.05) is 6.07 Å². The first-order chi connectivity index (χ1) is 10.4. The Morgan fingerprint density at radius 2 is 1.73 bits per heavy atom. The van der Waals surface area contributed by atoms with Gasteiger partial charge in [0.1, 0.15) is 11.5 Å². The van der Waals surface area contributed by atoms with Gasteiger partial charge < -0.3 is 14.2 Å². The fourth-order valence-electron chi connectivity index (χ4n) is 1.98. The topological polar surface area (TPSA) is 61.8 Å². The standard InChI is InChI=1S/C17H16O5/c1-10(2)16(18)22-15-11(3)9-14(21-17(19)20-4)12-7-5-6-8-13(12)15/h5-9H,1H2,2-4H3. The molecule has 0 aliphatic rings. The Kier molecular flexibility index (Phi) is 4.46. The lowest BCUT2D eigenvalue weighted by Gasteiger charge is -2.14. The van der Waals surface area contributed by atoms with Gasteiger partial charge in [0.15, 0.2) is 0 Å². The van der Waals surface area contributed by atoms with Crippen molar-refractivity contribution < 1.29 is 23.8 Å². The summed E-state index contributed by atoms with van der Waals surface area (Å²) in [7, 11) is 1.24. The molecule has 2 rings (SSSR count). The summed E-state index contributed by atoms with van der Waals surface area (Å²) in [4.78, 5) is 23.1. The minimum atomic E-state index is -0.809. The van der Waals surface area contributed by atoms with E-state index in [0.29, 0.717) is 33.4 Å². The molecule has 2 aromatic carbocycles. The predicted octanol–water partition coefficient (Wildman–Crippen LogP) is 3.77. The summed E-state index contributed by atoms with van der Waals surface area (Å²) in [6, 6.07) is 8.78. The van der Waals surface area contributed by atoms with E-state index in [-0.39, 0.29) is 0 Å². The number of benzene rings is 2. The second kappa shape index (κ2) is 6.30. The van der Waals surface area contributed by atoms with Crippen LogP contribution in [0.15, 0.2) is 42.5 Å². The first-order valence-electron chi connectivity index (χ1n) is 6.60. The van der Waals surface area contributed by atoms with Gasteiger partial charge in [-0.1, -0.05) is 30.8 Å². The molecule has 5 nitrogen and oxygen atoms in total. The smallest absolute Gasteiger partial charge is 0.437 e. The Bertz CT molecular complexity index is 761. The maximum Gasteiger partial charge on any atom is 0.513 e. The predicted molar refractivity (Wildman–Crippen MR) is 82.2 cm³/mol. The summed E-state index contributed by atoms with van der Waals surface area (Å²) < 4.78 is 15.1. The van der Waals surface area contributed by atoms with Crippen LogP contribution in [0.5, 0.6) is 11.5 Å². The van der Waals surface area contributed by atoms with Crippen LogP contribution in [0.4, 0.5) is 4.79 Å². The van der Waals surface area contributed by atoms with Crippen LogP contribution in [0.2, 0.25) is 0 Å². The molecule has 0 heterocycles. The monoisotopic (exact) mass is 300 g/mol. The highest BCUT2D eigenvalue weighted by Crippen LogP contribution is 2.36. The largest absolute Gasteiger partial charge is 0.513 e. The van der Waals surface area contributed by atoms with Crippen molar-refractivity contribution in [3.05, 3.63) is 48.0 Å². The van der Waals surface area contributed by atoms with Crippen molar-refractivity contribution in [3.8, 4) is 11.5 Å². The van der Waals surface area contributed by atoms with Crippen molar-refractivity contribution in [2.75, 3.05) is 7.11 Å². The van der Waals surface area contributed by atoms with Crippen LogP contribution in [-0.2, 0) is 9.53 Å². The zero-order chi connectivity index (χ0) is 16.3. The number of carbonyl (C=O) groups is 2. The van der Waals surface area contributed by atoms with Gasteiger partial charge in [-0.05, 0) is 25.5 Å². The number of esters is 1. The molecule has 0 fully saturated rings. The minimum Gasteiger partial charge on any atom is -0.437 e. The molecule has 0 N–H and O–H groups in total. The first kappa shape index (κ1) is 15.6. The lowest BCUT2D eigenvalue weighted by atomic mass is 10.0. The fraction of sp³-hybridized carbons (Fsp3) is 0.176. The fourth-order valence-corrected chi connectivity index (χ4v) is 1.98. The van der Waals surface area contributed by atoms with Crippen molar-refractivity contribution in [1.29, 1.82) is 0 Å². The molecule has 0 unspecified atom stereocenters. The SMILES string of the molecule is C=C(C)C(=O)Oc1c(C)cc(OC(=O)OC)c2ccccc12. The van der Waals surface area contributed by atoms with E-state index in [4.69, 9.17) is 9.47 Å². The van der Waals surface area contributed by atoms with Gasteiger partial charge >= 0.3 is 12.1 Å². The van der Waals surface area contributed by atoms with Gasteiger partial charge in [0.05, 0.1) is 7.11 Å². The molecule has 0 amide bonds. The van der Waals surface area contributed by atoms with Gasteiger partial charge in [-0.2, -0.15) is 0 Å². The Hall–Kier alpha value is -2.82. The van der Waals surface area contributed by atoms with Crippen molar-refractivity contribution in [1.82, 2.24) is 0 Å². The molecular formula is C17H16O5. The number of aryl methyl sites for hydroxylation is 1. The summed E-state index contributed by atoms with van der Waals surface area (Å²) >= 11 is 0. The van der Waals surface area contributed by atoms with E-state index in [9.17, 15) is 9.59 Å². The maximum atomic E-state index is 11.8. The Morgan fingerprint density at radius 1 is 1.09 bits per heavy atom. The third-order valence-corrected chi connectivity index (χ3v) is 3.05. The average Bonchev–Trinajstić information content (AvgIpc) is 2.50. The lowest BCUT2D eigenvalue weighted by molar-refractivity contribution is -0.130. The van der Waals surface area contributed by atoms with Gasteiger partial charge in [-0.25, -0.2) is 9.59 Å². The van der Waals surface area contributed by atoms with E-state index in [0.717, 1.165) is 0 Å². The summed E-state index contributed by atoms with van der Waals surface area (Å²) in [5.41, 5.74) is 0.963. The zero-order valence-corrected chi connectivity index (χ0v) is 12.6. The molecule has 2 aromatic rings. The molecule has 0 aliphatic carbocycles. The molecule has 22 heavy (non-hydrogen) atoms. The molecule has 0 bridgehead atoms. The Balaban J connectivity index is 2.58. The molecule has 0 saturated heterocycles. The number of carbonyl (C=O) groups excluding carboxylic acids is 2. The van der Waals surface area contributed by atoms with E-state index >= 15 is 0 Å². The second-order valence-electron chi connectivity index (χ2n) is 4.79. The molecule has 0 saturated carbocycles. The second-order valence-corrected chi connectivity index (χ2v) is 4.79. The maximum absolute atomic E-state index is 11.8. The summed E-state index contributed by atoms with van der Waals surface area (Å²) in [6.07, 6.45) is -0.809. The summed E-state index contributed by atoms with van der Waals surface area (Å²) in [5, 5.41) is 1.30. The number of hydrogen-bond donors (Lipinski definition) is 0. The van der Waals surface area contributed by atoms with E-state index < -0.39 is 12.1 Å². The molecule has 0 aliphatic heterocycles. The summed E-state index contributed by atoms with van der Waals surface area (Å²) in [5.74, 6) is 0.255. The quantitative estimate of drug-likeness (QED) is 0.373. The molecule has 5 heteroatoms. The lowest BCUT2D eigenvalue weighted by Crippen LogP contribution is -2.11. The molecule has 0 radical (unpaired) electrons. The van der Waals surface area contributed by atoms with Crippen molar-refractivity contribution in [2.45, 2.75) is 13.8 Å². The number of methoxy groups -OCH3 is 1. The Morgan fingerprint density at radius 3 is 2.32 bits per heavy atom. The third-order valence-electron chi connectivity index (χ3n) is 3.05. The molecular weight excluding hydrogens is 284 g/mol. The molecule has 114 valence electrons. The van der Waals surface area contributed by atoms with Gasteiger partial charge in [-0.3, -0.25) is 0 Å². The van der Waals surface area contributed by atoms with Crippen molar-refractivity contribution >= 4 is 22.9 Å². The average molecular weight is 300 g/mol. The highest BCUT2D eigenvalue weighted by molar-refractivity contribution is 5.98. The van der Waals surface area contributed by atoms with Gasteiger partial charge in [0.25, 0.3) is 0 Å². The van der Waals surface area contributed by atoms with E-state index in [2.05, 4.69) is 11.3 Å². The first-order valence-corrected chi connectivity index (χ1v) is 6.60. The number of rotatable bonds is 3. The number of hydrogen-bond acceptors (Lipinski definition) is 5. The van der Waals surface area contributed by atoms with Gasteiger partial charge in [0.2, 0.25) is 0 Å². The number of fused-ring (bicyclic) bond motifs is 1.